The number of fused-ring (bicyclic) bond motifs is 3. The summed E-state index contributed by atoms with van der Waals surface area (Å²) in [6.45, 7) is 1.88. The van der Waals surface area contributed by atoms with E-state index in [1.807, 2.05) is 31.2 Å². The number of para-hydroxylation sites is 1. The highest BCUT2D eigenvalue weighted by Gasteiger charge is 2.40. The predicted octanol–water partition coefficient (Wildman–Crippen LogP) is 2.68. The minimum Gasteiger partial charge on any atom is -0.480 e. The van der Waals surface area contributed by atoms with Crippen LogP contribution in [-0.2, 0) is 27.8 Å². The number of rotatable bonds is 3. The monoisotopic (exact) mass is 370 g/mol. The average Bonchev–Trinajstić information content (AvgIpc) is 2.98. The van der Waals surface area contributed by atoms with Gasteiger partial charge in [-0.05, 0) is 30.7 Å². The van der Waals surface area contributed by atoms with Crippen LogP contribution >= 0.6 is 0 Å². The minimum atomic E-state index is -3.92. The van der Waals surface area contributed by atoms with Crippen LogP contribution in [-0.4, -0.2) is 34.8 Å². The lowest BCUT2D eigenvalue weighted by Crippen LogP contribution is -2.48. The number of aromatic amines is 1. The van der Waals surface area contributed by atoms with Gasteiger partial charge in [0.1, 0.15) is 6.04 Å². The molecule has 1 aliphatic heterocycles. The number of nitrogens with one attached hydrogen (secondary N) is 1. The van der Waals surface area contributed by atoms with Crippen molar-refractivity contribution in [2.45, 2.75) is 30.8 Å². The molecule has 0 radical (unpaired) electrons. The molecule has 2 N–H and O–H groups in total. The molecular weight excluding hydrogens is 352 g/mol. The number of nitrogens with zero attached hydrogens (tertiary/aromatic N) is 1. The smallest absolute Gasteiger partial charge is 0.322 e. The number of sulfonamides is 1. The van der Waals surface area contributed by atoms with Crippen molar-refractivity contribution in [2.24, 2.45) is 0 Å². The summed E-state index contributed by atoms with van der Waals surface area (Å²) in [7, 11) is -3.92. The molecule has 2 heterocycles. The van der Waals surface area contributed by atoms with Crippen LogP contribution < -0.4 is 0 Å². The molecule has 0 aliphatic carbocycles. The third-order valence-electron chi connectivity index (χ3n) is 4.87. The van der Waals surface area contributed by atoms with Crippen molar-refractivity contribution in [3.63, 3.8) is 0 Å². The van der Waals surface area contributed by atoms with Crippen LogP contribution in [0.15, 0.2) is 53.4 Å². The van der Waals surface area contributed by atoms with Gasteiger partial charge in [-0.25, -0.2) is 8.42 Å². The molecule has 1 aliphatic rings. The van der Waals surface area contributed by atoms with Gasteiger partial charge in [-0.3, -0.25) is 4.79 Å². The molecule has 0 bridgehead atoms. The molecule has 0 saturated carbocycles. The molecule has 1 atom stereocenters. The number of carboxylic acid groups (broad SMARTS) is 1. The van der Waals surface area contributed by atoms with Gasteiger partial charge in [-0.2, -0.15) is 4.31 Å². The molecule has 0 fully saturated rings. The fraction of sp³-hybridized carbons (Fsp3) is 0.211. The SMILES string of the molecule is Cc1ccc(S(=O)(=O)N2Cc3[nH]c4ccccc4c3C[C@H]2C(=O)O)cc1. The Morgan fingerprint density at radius 3 is 2.54 bits per heavy atom. The summed E-state index contributed by atoms with van der Waals surface area (Å²) in [5.41, 5.74) is 3.45. The predicted molar refractivity (Wildman–Crippen MR) is 97.3 cm³/mol. The van der Waals surface area contributed by atoms with Gasteiger partial charge in [-0.1, -0.05) is 35.9 Å². The fourth-order valence-electron chi connectivity index (χ4n) is 3.49. The Bertz CT molecular complexity index is 1100. The number of carbonyl (C=O) groups is 1. The number of hydrogen-bond acceptors (Lipinski definition) is 3. The quantitative estimate of drug-likeness (QED) is 0.742. The van der Waals surface area contributed by atoms with Crippen molar-refractivity contribution in [2.75, 3.05) is 0 Å². The second-order valence-corrected chi connectivity index (χ2v) is 8.44. The molecule has 0 saturated heterocycles. The molecule has 134 valence electrons. The van der Waals surface area contributed by atoms with E-state index >= 15 is 0 Å². The van der Waals surface area contributed by atoms with E-state index in [4.69, 9.17) is 0 Å². The number of hydrogen-bond donors (Lipinski definition) is 2. The summed E-state index contributed by atoms with van der Waals surface area (Å²) in [5.74, 6) is -1.14. The van der Waals surface area contributed by atoms with E-state index in [0.29, 0.717) is 0 Å². The summed E-state index contributed by atoms with van der Waals surface area (Å²) < 4.78 is 27.3. The highest BCUT2D eigenvalue weighted by atomic mass is 32.2. The standard InChI is InChI=1S/C19H18N2O4S/c1-12-6-8-13(9-7-12)26(24,25)21-11-17-15(10-18(21)19(22)23)14-4-2-3-5-16(14)20-17/h2-9,18,20H,10-11H2,1H3,(H,22,23)/t18-/m0/s1. The highest BCUT2D eigenvalue weighted by Crippen LogP contribution is 2.33. The van der Waals surface area contributed by atoms with Crippen LogP contribution in [0.2, 0.25) is 0 Å². The summed E-state index contributed by atoms with van der Waals surface area (Å²) in [4.78, 5) is 15.2. The molecule has 1 aromatic heterocycles. The van der Waals surface area contributed by atoms with E-state index in [-0.39, 0.29) is 17.9 Å². The van der Waals surface area contributed by atoms with E-state index in [0.717, 1.165) is 32.0 Å². The molecule has 0 spiro atoms. The summed E-state index contributed by atoms with van der Waals surface area (Å²) in [6.07, 6.45) is 0.139. The molecular formula is C19H18N2O4S. The second-order valence-electron chi connectivity index (χ2n) is 6.55. The maximum atomic E-state index is 13.1. The highest BCUT2D eigenvalue weighted by molar-refractivity contribution is 7.89. The Morgan fingerprint density at radius 1 is 1.15 bits per heavy atom. The van der Waals surface area contributed by atoms with Crippen molar-refractivity contribution < 1.29 is 18.3 Å². The maximum Gasteiger partial charge on any atom is 0.322 e. The summed E-state index contributed by atoms with van der Waals surface area (Å²) in [5, 5.41) is 10.6. The van der Waals surface area contributed by atoms with Gasteiger partial charge in [0.05, 0.1) is 11.4 Å². The van der Waals surface area contributed by atoms with Crippen LogP contribution in [0.5, 0.6) is 0 Å². The normalized spacial score (nSPS) is 18.0. The third kappa shape index (κ3) is 2.60. The van der Waals surface area contributed by atoms with Crippen LogP contribution in [0.25, 0.3) is 10.9 Å². The first-order valence-electron chi connectivity index (χ1n) is 8.27. The van der Waals surface area contributed by atoms with E-state index in [2.05, 4.69) is 4.98 Å². The molecule has 6 nitrogen and oxygen atoms in total. The van der Waals surface area contributed by atoms with Crippen LogP contribution in [0.1, 0.15) is 16.8 Å². The van der Waals surface area contributed by atoms with E-state index < -0.39 is 22.0 Å². The Hall–Kier alpha value is -2.64. The van der Waals surface area contributed by atoms with E-state index in [9.17, 15) is 18.3 Å². The van der Waals surface area contributed by atoms with Gasteiger partial charge >= 0.3 is 5.97 Å². The number of aromatic nitrogens is 1. The zero-order chi connectivity index (χ0) is 18.5. The first-order chi connectivity index (χ1) is 12.4. The van der Waals surface area contributed by atoms with Gasteiger partial charge in [0.25, 0.3) is 0 Å². The lowest BCUT2D eigenvalue weighted by molar-refractivity contribution is -0.141. The third-order valence-corrected chi connectivity index (χ3v) is 6.74. The van der Waals surface area contributed by atoms with Gasteiger partial charge in [0.15, 0.2) is 0 Å². The van der Waals surface area contributed by atoms with Gasteiger partial charge in [0.2, 0.25) is 10.0 Å². The number of benzene rings is 2. The molecule has 2 aromatic carbocycles. The Kier molecular flexibility index (Phi) is 3.86. The molecule has 26 heavy (non-hydrogen) atoms. The zero-order valence-electron chi connectivity index (χ0n) is 14.1. The Labute approximate surface area is 151 Å². The van der Waals surface area contributed by atoms with Gasteiger partial charge in [-0.15, -0.1) is 0 Å². The maximum absolute atomic E-state index is 13.1. The summed E-state index contributed by atoms with van der Waals surface area (Å²) >= 11 is 0. The van der Waals surface area contributed by atoms with Crippen LogP contribution in [0.3, 0.4) is 0 Å². The molecule has 3 aromatic rings. The first-order valence-corrected chi connectivity index (χ1v) is 9.72. The topological polar surface area (TPSA) is 90.5 Å². The Balaban J connectivity index is 1.82. The van der Waals surface area contributed by atoms with Gasteiger partial charge < -0.3 is 10.1 Å². The largest absolute Gasteiger partial charge is 0.480 e. The first kappa shape index (κ1) is 16.8. The van der Waals surface area contributed by atoms with Gasteiger partial charge in [0, 0.05) is 23.0 Å². The summed E-state index contributed by atoms with van der Waals surface area (Å²) in [6, 6.07) is 12.9. The number of aliphatic carboxylic acids is 1. The van der Waals surface area contributed by atoms with Crippen LogP contribution in [0, 0.1) is 6.92 Å². The minimum absolute atomic E-state index is 0.0111. The zero-order valence-corrected chi connectivity index (χ0v) is 15.0. The van der Waals surface area contributed by atoms with Crippen molar-refractivity contribution in [1.82, 2.24) is 9.29 Å². The fourth-order valence-corrected chi connectivity index (χ4v) is 5.04. The Morgan fingerprint density at radius 2 is 1.85 bits per heavy atom. The molecule has 0 unspecified atom stereocenters. The molecule has 7 heteroatoms. The number of carboxylic acids is 1. The average molecular weight is 370 g/mol. The second kappa shape index (κ2) is 5.96. The number of H-pyrrole nitrogens is 1. The van der Waals surface area contributed by atoms with Crippen molar-refractivity contribution in [3.05, 3.63) is 65.4 Å². The van der Waals surface area contributed by atoms with Crippen LogP contribution in [0.4, 0.5) is 0 Å². The van der Waals surface area contributed by atoms with Crippen molar-refractivity contribution in [3.8, 4) is 0 Å². The van der Waals surface area contributed by atoms with Crippen molar-refractivity contribution in [1.29, 1.82) is 0 Å². The molecule has 0 amide bonds. The van der Waals surface area contributed by atoms with Crippen molar-refractivity contribution >= 4 is 26.9 Å². The lowest BCUT2D eigenvalue weighted by Gasteiger charge is -2.32. The van der Waals surface area contributed by atoms with E-state index in [1.54, 1.807) is 12.1 Å². The molecule has 4 rings (SSSR count). The number of aryl methyl sites for hydroxylation is 1. The lowest BCUT2D eigenvalue weighted by atomic mass is 9.99. The van der Waals surface area contributed by atoms with E-state index in [1.165, 1.54) is 12.1 Å².